The van der Waals surface area contributed by atoms with Crippen LogP contribution in [0.5, 0.6) is 0 Å². The van der Waals surface area contributed by atoms with E-state index in [1.54, 1.807) is 18.2 Å². The number of esters is 1. The van der Waals surface area contributed by atoms with Crippen LogP contribution in [-0.4, -0.2) is 5.97 Å². The zero-order valence-corrected chi connectivity index (χ0v) is 8.22. The number of fused-ring (bicyclic) bond motifs is 1. The van der Waals surface area contributed by atoms with Crippen LogP contribution < -0.4 is 0 Å². The maximum atomic E-state index is 11.1. The maximum absolute atomic E-state index is 11.1. The van der Waals surface area contributed by atoms with Crippen LogP contribution in [0.2, 0.25) is 5.02 Å². The molecule has 2 rings (SSSR count). The first kappa shape index (κ1) is 8.08. The number of hydrogen-bond acceptors (Lipinski definition) is 2. The quantitative estimate of drug-likeness (QED) is 0.520. The number of carbonyl (C=O) groups excluding carboxylic acids is 1. The SMILES string of the molecule is O=C1OC(Br)c2c(Cl)cccc21. The minimum Gasteiger partial charge on any atom is -0.442 e. The average molecular weight is 247 g/mol. The Labute approximate surface area is 82.6 Å². The van der Waals surface area contributed by atoms with Gasteiger partial charge < -0.3 is 4.74 Å². The van der Waals surface area contributed by atoms with E-state index in [-0.39, 0.29) is 5.97 Å². The number of alkyl halides is 1. The van der Waals surface area contributed by atoms with Crippen molar-refractivity contribution < 1.29 is 9.53 Å². The van der Waals surface area contributed by atoms with Crippen molar-refractivity contribution in [3.8, 4) is 0 Å². The topological polar surface area (TPSA) is 26.3 Å². The summed E-state index contributed by atoms with van der Waals surface area (Å²) in [5.74, 6) is -0.325. The molecule has 0 saturated carbocycles. The summed E-state index contributed by atoms with van der Waals surface area (Å²) >= 11 is 9.07. The molecule has 1 aromatic carbocycles. The van der Waals surface area contributed by atoms with Crippen molar-refractivity contribution >= 4 is 33.5 Å². The van der Waals surface area contributed by atoms with Gasteiger partial charge in [0.1, 0.15) is 0 Å². The highest BCUT2D eigenvalue weighted by atomic mass is 79.9. The number of carbonyl (C=O) groups is 1. The minimum atomic E-state index is -0.395. The Bertz CT molecular complexity index is 351. The van der Waals surface area contributed by atoms with Gasteiger partial charge in [-0.1, -0.05) is 17.7 Å². The lowest BCUT2D eigenvalue weighted by Crippen LogP contribution is -1.92. The summed E-state index contributed by atoms with van der Waals surface area (Å²) in [6.45, 7) is 0. The smallest absolute Gasteiger partial charge is 0.340 e. The molecule has 0 saturated heterocycles. The Morgan fingerprint density at radius 1 is 1.50 bits per heavy atom. The van der Waals surface area contributed by atoms with Crippen LogP contribution >= 0.6 is 27.5 Å². The number of hydrogen-bond donors (Lipinski definition) is 0. The molecule has 1 aromatic rings. The monoisotopic (exact) mass is 246 g/mol. The molecule has 62 valence electrons. The zero-order valence-electron chi connectivity index (χ0n) is 5.88. The van der Waals surface area contributed by atoms with Crippen molar-refractivity contribution in [3.63, 3.8) is 0 Å². The molecular formula is C8H4BrClO2. The number of benzene rings is 1. The van der Waals surface area contributed by atoms with Crippen LogP contribution in [0.3, 0.4) is 0 Å². The lowest BCUT2D eigenvalue weighted by molar-refractivity contribution is 0.0530. The van der Waals surface area contributed by atoms with E-state index < -0.39 is 5.01 Å². The molecule has 0 bridgehead atoms. The Hall–Kier alpha value is -0.540. The summed E-state index contributed by atoms with van der Waals surface area (Å²) in [6.07, 6.45) is 0. The fraction of sp³-hybridized carbons (Fsp3) is 0.125. The van der Waals surface area contributed by atoms with E-state index in [1.165, 1.54) is 0 Å². The summed E-state index contributed by atoms with van der Waals surface area (Å²) in [6, 6.07) is 5.16. The van der Waals surface area contributed by atoms with Gasteiger partial charge in [0.15, 0.2) is 5.01 Å². The van der Waals surface area contributed by atoms with Crippen molar-refractivity contribution in [1.82, 2.24) is 0 Å². The van der Waals surface area contributed by atoms with Crippen LogP contribution in [-0.2, 0) is 4.74 Å². The third-order valence-corrected chi connectivity index (χ3v) is 2.68. The highest BCUT2D eigenvalue weighted by molar-refractivity contribution is 9.09. The van der Waals surface area contributed by atoms with E-state index in [2.05, 4.69) is 15.9 Å². The molecule has 4 heteroatoms. The first-order valence-electron chi connectivity index (χ1n) is 3.33. The summed E-state index contributed by atoms with van der Waals surface area (Å²) in [4.78, 5) is 11.1. The van der Waals surface area contributed by atoms with Gasteiger partial charge in [-0.25, -0.2) is 4.79 Å². The third kappa shape index (κ3) is 1.04. The predicted molar refractivity (Wildman–Crippen MR) is 48.5 cm³/mol. The minimum absolute atomic E-state index is 0.325. The molecule has 12 heavy (non-hydrogen) atoms. The number of halogens is 2. The molecule has 1 atom stereocenters. The second-order valence-electron chi connectivity index (χ2n) is 2.42. The van der Waals surface area contributed by atoms with Crippen molar-refractivity contribution in [1.29, 1.82) is 0 Å². The Balaban J connectivity index is 2.67. The lowest BCUT2D eigenvalue weighted by atomic mass is 10.1. The van der Waals surface area contributed by atoms with Gasteiger partial charge in [0.2, 0.25) is 0 Å². The van der Waals surface area contributed by atoms with Gasteiger partial charge in [0, 0.05) is 10.6 Å². The van der Waals surface area contributed by atoms with E-state index >= 15 is 0 Å². The van der Waals surface area contributed by atoms with Crippen LogP contribution in [0.1, 0.15) is 20.9 Å². The number of cyclic esters (lactones) is 1. The van der Waals surface area contributed by atoms with E-state index in [0.717, 1.165) is 5.56 Å². The van der Waals surface area contributed by atoms with Gasteiger partial charge in [-0.2, -0.15) is 0 Å². The fourth-order valence-corrected chi connectivity index (χ4v) is 2.23. The molecule has 0 spiro atoms. The second-order valence-corrected chi connectivity index (χ2v) is 3.66. The first-order chi connectivity index (χ1) is 5.70. The molecule has 1 unspecified atom stereocenters. The highest BCUT2D eigenvalue weighted by Gasteiger charge is 2.30. The van der Waals surface area contributed by atoms with Crippen LogP contribution in [0.15, 0.2) is 18.2 Å². The van der Waals surface area contributed by atoms with Gasteiger partial charge in [-0.3, -0.25) is 0 Å². The molecular weight excluding hydrogens is 243 g/mol. The van der Waals surface area contributed by atoms with Gasteiger partial charge in [-0.05, 0) is 28.1 Å². The molecule has 2 nitrogen and oxygen atoms in total. The highest BCUT2D eigenvalue weighted by Crippen LogP contribution is 2.39. The molecule has 1 aliphatic rings. The van der Waals surface area contributed by atoms with Crippen LogP contribution in [0.4, 0.5) is 0 Å². The molecule has 0 radical (unpaired) electrons. The van der Waals surface area contributed by atoms with Crippen molar-refractivity contribution in [2.75, 3.05) is 0 Å². The van der Waals surface area contributed by atoms with E-state index in [0.29, 0.717) is 10.6 Å². The van der Waals surface area contributed by atoms with Gasteiger partial charge in [0.05, 0.1) is 5.56 Å². The Kier molecular flexibility index (Phi) is 1.85. The number of rotatable bonds is 0. The lowest BCUT2D eigenvalue weighted by Gasteiger charge is -2.01. The van der Waals surface area contributed by atoms with E-state index in [4.69, 9.17) is 16.3 Å². The number of ether oxygens (including phenoxy) is 1. The maximum Gasteiger partial charge on any atom is 0.340 e. The van der Waals surface area contributed by atoms with Crippen molar-refractivity contribution in [2.24, 2.45) is 0 Å². The molecule has 0 fully saturated rings. The normalized spacial score (nSPS) is 20.5. The summed E-state index contributed by atoms with van der Waals surface area (Å²) < 4.78 is 4.91. The predicted octanol–water partition coefficient (Wildman–Crippen LogP) is 2.90. The molecule has 1 aliphatic heterocycles. The van der Waals surface area contributed by atoms with Crippen molar-refractivity contribution in [3.05, 3.63) is 34.3 Å². The largest absolute Gasteiger partial charge is 0.442 e. The van der Waals surface area contributed by atoms with Gasteiger partial charge in [-0.15, -0.1) is 0 Å². The summed E-state index contributed by atoms with van der Waals surface area (Å²) in [7, 11) is 0. The first-order valence-corrected chi connectivity index (χ1v) is 4.63. The molecule has 0 aromatic heterocycles. The Morgan fingerprint density at radius 3 is 2.92 bits per heavy atom. The average Bonchev–Trinajstić information content (AvgIpc) is 2.29. The van der Waals surface area contributed by atoms with E-state index in [9.17, 15) is 4.79 Å². The molecule has 0 N–H and O–H groups in total. The van der Waals surface area contributed by atoms with Gasteiger partial charge in [0.25, 0.3) is 0 Å². The Morgan fingerprint density at radius 2 is 2.25 bits per heavy atom. The van der Waals surface area contributed by atoms with Crippen LogP contribution in [0.25, 0.3) is 0 Å². The third-order valence-electron chi connectivity index (χ3n) is 1.71. The standard InChI is InChI=1S/C8H4BrClO2/c9-7-6-4(8(11)12-7)2-1-3-5(6)10/h1-3,7H. The second kappa shape index (κ2) is 2.75. The van der Waals surface area contributed by atoms with Crippen LogP contribution in [0, 0.1) is 0 Å². The summed E-state index contributed by atoms with van der Waals surface area (Å²) in [5.41, 5.74) is 1.27. The summed E-state index contributed by atoms with van der Waals surface area (Å²) in [5, 5.41) is 0.161. The zero-order chi connectivity index (χ0) is 8.72. The molecule has 0 aliphatic carbocycles. The van der Waals surface area contributed by atoms with Crippen molar-refractivity contribution in [2.45, 2.75) is 5.01 Å². The fourth-order valence-electron chi connectivity index (χ4n) is 1.16. The van der Waals surface area contributed by atoms with Gasteiger partial charge >= 0.3 is 5.97 Å². The molecule has 1 heterocycles. The van der Waals surface area contributed by atoms with E-state index in [1.807, 2.05) is 0 Å². The molecule has 0 amide bonds.